The van der Waals surface area contributed by atoms with Gasteiger partial charge in [-0.05, 0) is 93.7 Å². The highest BCUT2D eigenvalue weighted by atomic mass is 19.1. The Hall–Kier alpha value is -4.00. The number of rotatable bonds is 9. The van der Waals surface area contributed by atoms with Crippen LogP contribution in [0.3, 0.4) is 0 Å². The van der Waals surface area contributed by atoms with Crippen LogP contribution in [0.5, 0.6) is 0 Å². The summed E-state index contributed by atoms with van der Waals surface area (Å²) in [5.74, 6) is -0.0704. The third-order valence-corrected chi connectivity index (χ3v) is 9.33. The number of ether oxygens (including phenoxy) is 1. The molecule has 2 saturated carbocycles. The monoisotopic (exact) mass is 595 g/mol. The minimum absolute atomic E-state index is 0.0117. The molecule has 0 radical (unpaired) electrons. The van der Waals surface area contributed by atoms with Crippen LogP contribution in [-0.4, -0.2) is 28.2 Å². The number of carbonyl (C=O) groups is 2. The Morgan fingerprint density at radius 2 is 1.73 bits per heavy atom. The number of fused-ring (bicyclic) bond motifs is 1. The second-order valence-corrected chi connectivity index (χ2v) is 13.9. The summed E-state index contributed by atoms with van der Waals surface area (Å²) in [6, 6.07) is 20.9. The Morgan fingerprint density at radius 3 is 2.39 bits per heavy atom. The van der Waals surface area contributed by atoms with Gasteiger partial charge in [-0.2, -0.15) is 0 Å². The van der Waals surface area contributed by atoms with E-state index >= 15 is 0 Å². The van der Waals surface area contributed by atoms with E-state index in [9.17, 15) is 14.0 Å². The lowest BCUT2D eigenvalue weighted by molar-refractivity contribution is -0.161. The van der Waals surface area contributed by atoms with Gasteiger partial charge in [0.1, 0.15) is 17.3 Å². The first-order valence-electron chi connectivity index (χ1n) is 15.8. The Balaban J connectivity index is 1.14. The fourth-order valence-electron chi connectivity index (χ4n) is 6.86. The van der Waals surface area contributed by atoms with E-state index in [0.29, 0.717) is 36.5 Å². The minimum atomic E-state index is -0.515. The van der Waals surface area contributed by atoms with Gasteiger partial charge in [0.2, 0.25) is 5.91 Å². The van der Waals surface area contributed by atoms with E-state index in [-0.39, 0.29) is 29.5 Å². The molecule has 0 aromatic heterocycles. The first kappa shape index (κ1) is 30.0. The quantitative estimate of drug-likeness (QED) is 0.248. The predicted octanol–water partition coefficient (Wildman–Crippen LogP) is 7.74. The van der Waals surface area contributed by atoms with Crippen molar-refractivity contribution in [3.8, 4) is 0 Å². The molecule has 2 aliphatic carbocycles. The molecule has 0 spiro atoms. The van der Waals surface area contributed by atoms with Crippen LogP contribution in [0.4, 0.5) is 10.1 Å². The summed E-state index contributed by atoms with van der Waals surface area (Å²) in [5.41, 5.74) is 4.02. The number of hydrogen-bond acceptors (Lipinski definition) is 4. The molecule has 2 fully saturated rings. The van der Waals surface area contributed by atoms with Gasteiger partial charge in [-0.1, -0.05) is 61.4 Å². The lowest BCUT2D eigenvalue weighted by Crippen LogP contribution is -2.30. The number of benzene rings is 3. The summed E-state index contributed by atoms with van der Waals surface area (Å²) in [6.45, 7) is 6.57. The lowest BCUT2D eigenvalue weighted by Gasteiger charge is -2.25. The van der Waals surface area contributed by atoms with Crippen LogP contribution in [0.25, 0.3) is 0 Å². The standard InChI is InChI=1S/C37H42FN3O3/c1-36(2,3)44-35(43)37(18-19-37)21-25-8-6-11-28(20-25)40-34(42)32(26-9-4-5-10-26)27-16-14-24(15-17-27)22-41-23-30-29(33(41)39)12-7-13-31(30)38/h6-8,11-17,20,26,32,39H,4-5,9-10,18-19,21-23H2,1-3H3,(H,40,42). The molecule has 1 heterocycles. The third kappa shape index (κ3) is 6.42. The van der Waals surface area contributed by atoms with Crippen LogP contribution < -0.4 is 5.32 Å². The van der Waals surface area contributed by atoms with E-state index in [1.54, 1.807) is 12.1 Å². The second kappa shape index (κ2) is 11.8. The molecule has 3 aromatic rings. The highest BCUT2D eigenvalue weighted by molar-refractivity contribution is 6.00. The molecule has 2 N–H and O–H groups in total. The van der Waals surface area contributed by atoms with Crippen LogP contribution >= 0.6 is 0 Å². The lowest BCUT2D eigenvalue weighted by atomic mass is 9.83. The molecule has 0 bridgehead atoms. The van der Waals surface area contributed by atoms with Gasteiger partial charge in [-0.15, -0.1) is 0 Å². The van der Waals surface area contributed by atoms with Gasteiger partial charge in [0, 0.05) is 29.9 Å². The highest BCUT2D eigenvalue weighted by Crippen LogP contribution is 2.50. The molecule has 3 aromatic carbocycles. The van der Waals surface area contributed by atoms with Crippen LogP contribution in [0.2, 0.25) is 0 Å². The van der Waals surface area contributed by atoms with Gasteiger partial charge in [-0.25, -0.2) is 4.39 Å². The van der Waals surface area contributed by atoms with Gasteiger partial charge in [0.15, 0.2) is 0 Å². The smallest absolute Gasteiger partial charge is 0.312 e. The number of hydrogen-bond donors (Lipinski definition) is 2. The molecule has 6 nitrogen and oxygen atoms in total. The summed E-state index contributed by atoms with van der Waals surface area (Å²) in [4.78, 5) is 28.6. The van der Waals surface area contributed by atoms with Crippen molar-refractivity contribution in [2.24, 2.45) is 11.3 Å². The molecule has 7 heteroatoms. The Labute approximate surface area is 259 Å². The van der Waals surface area contributed by atoms with Gasteiger partial charge < -0.3 is 15.0 Å². The molecule has 230 valence electrons. The van der Waals surface area contributed by atoms with E-state index in [1.165, 1.54) is 6.07 Å². The summed E-state index contributed by atoms with van der Waals surface area (Å²) < 4.78 is 20.0. The molecule has 1 amide bonds. The van der Waals surface area contributed by atoms with Crippen LogP contribution in [0, 0.1) is 22.6 Å². The summed E-state index contributed by atoms with van der Waals surface area (Å²) in [6.07, 6.45) is 6.54. The number of amides is 1. The zero-order chi connectivity index (χ0) is 31.1. The average Bonchev–Trinajstić information content (AvgIpc) is 3.41. The Kier molecular flexibility index (Phi) is 8.08. The topological polar surface area (TPSA) is 82.5 Å². The maximum absolute atomic E-state index is 14.3. The minimum Gasteiger partial charge on any atom is -0.460 e. The molecular weight excluding hydrogens is 553 g/mol. The summed E-state index contributed by atoms with van der Waals surface area (Å²) in [5, 5.41) is 11.7. The zero-order valence-corrected chi connectivity index (χ0v) is 25.9. The molecule has 1 atom stereocenters. The second-order valence-electron chi connectivity index (χ2n) is 13.9. The molecule has 0 saturated heterocycles. The average molecular weight is 596 g/mol. The van der Waals surface area contributed by atoms with Crippen molar-refractivity contribution < 1.29 is 18.7 Å². The van der Waals surface area contributed by atoms with Crippen molar-refractivity contribution in [2.45, 2.75) is 90.3 Å². The summed E-state index contributed by atoms with van der Waals surface area (Å²) in [7, 11) is 0. The van der Waals surface area contributed by atoms with E-state index in [1.807, 2.05) is 74.2 Å². The number of anilines is 1. The number of carbonyl (C=O) groups excluding carboxylic acids is 2. The predicted molar refractivity (Wildman–Crippen MR) is 170 cm³/mol. The molecular formula is C37H42FN3O3. The molecule has 44 heavy (non-hydrogen) atoms. The Bertz CT molecular complexity index is 1570. The molecule has 6 rings (SSSR count). The largest absolute Gasteiger partial charge is 0.460 e. The number of esters is 1. The van der Waals surface area contributed by atoms with Crippen LogP contribution in [0.1, 0.15) is 93.0 Å². The fourth-order valence-corrected chi connectivity index (χ4v) is 6.86. The van der Waals surface area contributed by atoms with Crippen molar-refractivity contribution >= 4 is 23.4 Å². The van der Waals surface area contributed by atoms with E-state index in [0.717, 1.165) is 60.9 Å². The molecule has 3 aliphatic rings. The first-order chi connectivity index (χ1) is 21.0. The third-order valence-electron chi connectivity index (χ3n) is 9.33. The van der Waals surface area contributed by atoms with Gasteiger partial charge in [0.05, 0.1) is 11.3 Å². The Morgan fingerprint density at radius 1 is 1.02 bits per heavy atom. The van der Waals surface area contributed by atoms with Crippen molar-refractivity contribution in [3.63, 3.8) is 0 Å². The normalized spacial score (nSPS) is 18.2. The number of halogens is 1. The number of amidine groups is 1. The first-order valence-corrected chi connectivity index (χ1v) is 15.8. The van der Waals surface area contributed by atoms with E-state index in [2.05, 4.69) is 5.32 Å². The van der Waals surface area contributed by atoms with E-state index in [4.69, 9.17) is 10.1 Å². The van der Waals surface area contributed by atoms with E-state index < -0.39 is 11.0 Å². The van der Waals surface area contributed by atoms with Gasteiger partial charge in [0.25, 0.3) is 0 Å². The van der Waals surface area contributed by atoms with Crippen molar-refractivity contribution in [3.05, 3.63) is 100 Å². The number of nitrogens with zero attached hydrogens (tertiary/aromatic N) is 1. The number of nitrogens with one attached hydrogen (secondary N) is 2. The van der Waals surface area contributed by atoms with Crippen LogP contribution in [0.15, 0.2) is 66.7 Å². The highest BCUT2D eigenvalue weighted by Gasteiger charge is 2.52. The summed E-state index contributed by atoms with van der Waals surface area (Å²) >= 11 is 0. The molecule has 1 unspecified atom stereocenters. The van der Waals surface area contributed by atoms with Gasteiger partial charge in [-0.3, -0.25) is 15.0 Å². The van der Waals surface area contributed by atoms with Gasteiger partial charge >= 0.3 is 5.97 Å². The SMILES string of the molecule is CC(C)(C)OC(=O)C1(Cc2cccc(NC(=O)C(c3ccc(CN4Cc5c(F)cccc5C4=N)cc3)C3CCCC3)c2)CC1. The fraction of sp³-hybridized carbons (Fsp3) is 0.432. The van der Waals surface area contributed by atoms with Crippen molar-refractivity contribution in [2.75, 3.05) is 5.32 Å². The van der Waals surface area contributed by atoms with Crippen LogP contribution in [-0.2, 0) is 33.8 Å². The van der Waals surface area contributed by atoms with Crippen molar-refractivity contribution in [1.82, 2.24) is 4.90 Å². The zero-order valence-electron chi connectivity index (χ0n) is 25.9. The maximum Gasteiger partial charge on any atom is 0.312 e. The maximum atomic E-state index is 14.3. The molecule has 1 aliphatic heterocycles. The van der Waals surface area contributed by atoms with Crippen molar-refractivity contribution in [1.29, 1.82) is 5.41 Å².